The van der Waals surface area contributed by atoms with Crippen LogP contribution in [-0.4, -0.2) is 74.9 Å². The topological polar surface area (TPSA) is 108 Å². The Kier molecular flexibility index (Phi) is 62.1. The van der Waals surface area contributed by atoms with Crippen LogP contribution in [0.3, 0.4) is 0 Å². The van der Waals surface area contributed by atoms with E-state index in [-0.39, 0.29) is 32.0 Å². The van der Waals surface area contributed by atoms with Crippen molar-refractivity contribution in [2.45, 2.75) is 315 Å². The van der Waals surface area contributed by atoms with E-state index in [9.17, 15) is 19.0 Å². The van der Waals surface area contributed by atoms with Gasteiger partial charge in [0.05, 0.1) is 27.7 Å². The number of phosphoric ester groups is 1. The quantitative estimate of drug-likeness (QED) is 0.0211. The molecule has 84 heavy (non-hydrogen) atoms. The summed E-state index contributed by atoms with van der Waals surface area (Å²) in [6.45, 7) is 4.24. The molecule has 0 rings (SSSR count). The van der Waals surface area contributed by atoms with Crippen LogP contribution in [0.2, 0.25) is 0 Å². The highest BCUT2D eigenvalue weighted by Crippen LogP contribution is 2.43. The maximum atomic E-state index is 12.9. The van der Waals surface area contributed by atoms with Gasteiger partial charge in [-0.1, -0.05) is 304 Å². The van der Waals surface area contributed by atoms with E-state index in [2.05, 4.69) is 111 Å². The van der Waals surface area contributed by atoms with E-state index in [0.717, 1.165) is 89.9 Å². The standard InChI is InChI=1S/C74H132NO8P/c1-6-8-10-12-14-16-18-20-22-24-26-28-30-31-32-33-34-35-36-37-38-39-40-41-42-43-45-47-49-51-53-55-57-59-61-63-65-67-74(77)83-72(71-82-84(78,79)81-69-68-75(3,4)5)70-80-73(76)66-64-62-60-58-56-54-52-50-48-46-44-29-27-25-23-21-19-17-15-13-11-9-7-2/h8-11,14-17,20-23,26-29,72H,6-7,12-13,18-19,24-25,30-71H2,1-5H3/p+1/b10-8-,11-9-,16-14-,17-15-,22-20-,23-21-,28-26-,29-27-. The molecule has 1 N–H and O–H groups in total. The Labute approximate surface area is 519 Å². The smallest absolute Gasteiger partial charge is 0.462 e. The number of carbonyl (C=O) groups excluding carboxylic acids is 2. The molecule has 0 saturated heterocycles. The lowest BCUT2D eigenvalue weighted by molar-refractivity contribution is -0.870. The van der Waals surface area contributed by atoms with Gasteiger partial charge in [0, 0.05) is 12.8 Å². The zero-order valence-corrected chi connectivity index (χ0v) is 56.3. The zero-order chi connectivity index (χ0) is 61.2. The molecule has 0 aliphatic heterocycles. The van der Waals surface area contributed by atoms with Crippen molar-refractivity contribution in [2.24, 2.45) is 0 Å². The number of quaternary nitrogens is 1. The summed E-state index contributed by atoms with van der Waals surface area (Å²) in [5.74, 6) is -0.793. The van der Waals surface area contributed by atoms with Crippen LogP contribution < -0.4 is 0 Å². The molecule has 0 aromatic heterocycles. The molecule has 0 spiro atoms. The molecule has 486 valence electrons. The number of unbranched alkanes of at least 4 members (excludes halogenated alkanes) is 34. The second kappa shape index (κ2) is 64.4. The van der Waals surface area contributed by atoms with Crippen LogP contribution in [0.5, 0.6) is 0 Å². The lowest BCUT2D eigenvalue weighted by Gasteiger charge is -2.24. The summed E-state index contributed by atoms with van der Waals surface area (Å²) in [5, 5.41) is 0. The van der Waals surface area contributed by atoms with Gasteiger partial charge in [0.1, 0.15) is 19.8 Å². The maximum absolute atomic E-state index is 12.9. The molecule has 10 heteroatoms. The maximum Gasteiger partial charge on any atom is 0.472 e. The fourth-order valence-electron chi connectivity index (χ4n) is 9.83. The molecular weight excluding hydrogens is 1060 g/mol. The largest absolute Gasteiger partial charge is 0.472 e. The van der Waals surface area contributed by atoms with Gasteiger partial charge in [-0.05, 0) is 89.9 Å². The Morgan fingerprint density at radius 3 is 0.952 bits per heavy atom. The number of allylic oxidation sites excluding steroid dienone is 16. The summed E-state index contributed by atoms with van der Waals surface area (Å²) >= 11 is 0. The van der Waals surface area contributed by atoms with Gasteiger partial charge < -0.3 is 18.9 Å². The van der Waals surface area contributed by atoms with Crippen molar-refractivity contribution < 1.29 is 42.1 Å². The number of hydrogen-bond donors (Lipinski definition) is 1. The van der Waals surface area contributed by atoms with Crippen molar-refractivity contribution in [3.63, 3.8) is 0 Å². The van der Waals surface area contributed by atoms with Gasteiger partial charge in [0.15, 0.2) is 6.10 Å². The highest BCUT2D eigenvalue weighted by Gasteiger charge is 2.27. The third kappa shape index (κ3) is 68.0. The first-order valence-corrected chi connectivity index (χ1v) is 36.5. The van der Waals surface area contributed by atoms with Crippen LogP contribution in [0, 0.1) is 0 Å². The van der Waals surface area contributed by atoms with Crippen molar-refractivity contribution in [2.75, 3.05) is 47.5 Å². The van der Waals surface area contributed by atoms with E-state index < -0.39 is 26.5 Å². The van der Waals surface area contributed by atoms with Crippen LogP contribution in [0.4, 0.5) is 0 Å². The summed E-state index contributed by atoms with van der Waals surface area (Å²) in [5.41, 5.74) is 0. The fourth-order valence-corrected chi connectivity index (χ4v) is 10.6. The first-order valence-electron chi connectivity index (χ1n) is 35.0. The molecule has 0 fully saturated rings. The molecule has 9 nitrogen and oxygen atoms in total. The molecule has 0 radical (unpaired) electrons. The Morgan fingerprint density at radius 1 is 0.369 bits per heavy atom. The second-order valence-corrected chi connectivity index (χ2v) is 26.0. The summed E-state index contributed by atoms with van der Waals surface area (Å²) in [6, 6.07) is 0. The number of carbonyl (C=O) groups is 2. The van der Waals surface area contributed by atoms with Crippen molar-refractivity contribution in [1.82, 2.24) is 0 Å². The van der Waals surface area contributed by atoms with Gasteiger partial charge in [-0.3, -0.25) is 18.6 Å². The van der Waals surface area contributed by atoms with E-state index in [0.29, 0.717) is 17.4 Å². The highest BCUT2D eigenvalue weighted by atomic mass is 31.2. The molecule has 0 aliphatic rings. The predicted octanol–water partition coefficient (Wildman–Crippen LogP) is 22.7. The van der Waals surface area contributed by atoms with Crippen LogP contribution in [0.1, 0.15) is 309 Å². The van der Waals surface area contributed by atoms with Crippen LogP contribution in [0.15, 0.2) is 97.2 Å². The molecule has 0 amide bonds. The molecule has 0 heterocycles. The van der Waals surface area contributed by atoms with E-state index in [4.69, 9.17) is 18.5 Å². The Morgan fingerprint density at radius 2 is 0.643 bits per heavy atom. The summed E-state index contributed by atoms with van der Waals surface area (Å²) in [4.78, 5) is 35.9. The van der Waals surface area contributed by atoms with E-state index >= 15 is 0 Å². The highest BCUT2D eigenvalue weighted by molar-refractivity contribution is 7.47. The first-order chi connectivity index (χ1) is 41.0. The first kappa shape index (κ1) is 80.9. The lowest BCUT2D eigenvalue weighted by atomic mass is 10.0. The van der Waals surface area contributed by atoms with Gasteiger partial charge in [0.25, 0.3) is 0 Å². The van der Waals surface area contributed by atoms with Crippen LogP contribution >= 0.6 is 7.82 Å². The normalized spacial score (nSPS) is 13.7. The van der Waals surface area contributed by atoms with Gasteiger partial charge in [-0.25, -0.2) is 4.57 Å². The molecule has 2 atom stereocenters. The zero-order valence-electron chi connectivity index (χ0n) is 55.4. The summed E-state index contributed by atoms with van der Waals surface area (Å²) in [6.07, 6.45) is 89.5. The number of rotatable bonds is 64. The molecule has 0 saturated carbocycles. The van der Waals surface area contributed by atoms with Crippen molar-refractivity contribution in [1.29, 1.82) is 0 Å². The average Bonchev–Trinajstić information content (AvgIpc) is 3.61. The number of phosphoric acid groups is 1. The van der Waals surface area contributed by atoms with Gasteiger partial charge in [-0.15, -0.1) is 0 Å². The Hall–Kier alpha value is -3.07. The molecule has 0 aliphatic carbocycles. The minimum atomic E-state index is -4.39. The van der Waals surface area contributed by atoms with E-state index in [1.807, 2.05) is 21.1 Å². The number of hydrogen-bond acceptors (Lipinski definition) is 7. The van der Waals surface area contributed by atoms with Gasteiger partial charge >= 0.3 is 19.8 Å². The predicted molar refractivity (Wildman–Crippen MR) is 362 cm³/mol. The number of likely N-dealkylation sites (N-methyl/N-ethyl adjacent to an activating group) is 1. The molecular formula is C74H133NO8P+. The van der Waals surface area contributed by atoms with Crippen molar-refractivity contribution >= 4 is 19.8 Å². The third-order valence-corrected chi connectivity index (χ3v) is 16.1. The fraction of sp³-hybridized carbons (Fsp3) is 0.757. The van der Waals surface area contributed by atoms with E-state index in [1.165, 1.54) is 186 Å². The third-order valence-electron chi connectivity index (χ3n) is 15.1. The Bertz CT molecular complexity index is 1740. The number of nitrogens with zero attached hydrogens (tertiary/aromatic N) is 1. The average molecular weight is 1200 g/mol. The SMILES string of the molecule is CC/C=C\C/C=C\C/C=C\C/C=C\CCCCCCCCCCCCCCCCCCCCCCCCCCC(=O)OC(COC(=O)CCCCCCCCCCCC/C=C\C/C=C\C/C=C\C/C=C\CC)COP(=O)(O)OCC[N+](C)(C)C. The van der Waals surface area contributed by atoms with Gasteiger partial charge in [-0.2, -0.15) is 0 Å². The van der Waals surface area contributed by atoms with Crippen molar-refractivity contribution in [3.05, 3.63) is 97.2 Å². The second-order valence-electron chi connectivity index (χ2n) is 24.5. The molecule has 0 aromatic rings. The molecule has 2 unspecified atom stereocenters. The molecule has 0 bridgehead atoms. The van der Waals surface area contributed by atoms with Gasteiger partial charge in [0.2, 0.25) is 0 Å². The van der Waals surface area contributed by atoms with E-state index in [1.54, 1.807) is 0 Å². The Balaban J connectivity index is 3.98. The van der Waals surface area contributed by atoms with Crippen LogP contribution in [0.25, 0.3) is 0 Å². The van der Waals surface area contributed by atoms with Crippen molar-refractivity contribution in [3.8, 4) is 0 Å². The number of ether oxygens (including phenoxy) is 2. The minimum absolute atomic E-state index is 0.0294. The lowest BCUT2D eigenvalue weighted by Crippen LogP contribution is -2.37. The monoisotopic (exact) mass is 1190 g/mol. The summed E-state index contributed by atoms with van der Waals surface area (Å²) < 4.78 is 34.7. The molecule has 0 aromatic carbocycles. The summed E-state index contributed by atoms with van der Waals surface area (Å²) in [7, 11) is 1.48. The van der Waals surface area contributed by atoms with Crippen LogP contribution in [-0.2, 0) is 32.7 Å². The number of esters is 2. The minimum Gasteiger partial charge on any atom is -0.462 e.